The SMILES string of the molecule is C.C.C=CCCC(=O)OCc1ccccc1.O=CCCC(=O)OCc1ccccc1. The van der Waals surface area contributed by atoms with Crippen LogP contribution in [0.25, 0.3) is 0 Å². The van der Waals surface area contributed by atoms with Gasteiger partial charge >= 0.3 is 11.9 Å². The molecule has 0 aliphatic heterocycles. The molecule has 0 amide bonds. The minimum Gasteiger partial charge on any atom is -0.461 e. The fourth-order valence-electron chi connectivity index (χ4n) is 2.02. The zero-order chi connectivity index (χ0) is 20.5. The fraction of sp³-hybridized carbons (Fsp3) is 0.320. The zero-order valence-electron chi connectivity index (χ0n) is 15.9. The van der Waals surface area contributed by atoms with Gasteiger partial charge in [0.1, 0.15) is 19.5 Å². The maximum Gasteiger partial charge on any atom is 0.306 e. The lowest BCUT2D eigenvalue weighted by Gasteiger charge is -2.03. The van der Waals surface area contributed by atoms with Gasteiger partial charge < -0.3 is 14.3 Å². The van der Waals surface area contributed by atoms with Gasteiger partial charge in [-0.1, -0.05) is 81.6 Å². The fourth-order valence-corrected chi connectivity index (χ4v) is 2.02. The van der Waals surface area contributed by atoms with Gasteiger partial charge in [0.05, 0.1) is 6.42 Å². The molecule has 0 aromatic heterocycles. The van der Waals surface area contributed by atoms with Crippen LogP contribution in [0.5, 0.6) is 0 Å². The molecule has 30 heavy (non-hydrogen) atoms. The second-order valence-electron chi connectivity index (χ2n) is 5.83. The number of carbonyl (C=O) groups excluding carboxylic acids is 3. The van der Waals surface area contributed by atoms with Crippen molar-refractivity contribution in [1.29, 1.82) is 0 Å². The van der Waals surface area contributed by atoms with E-state index < -0.39 is 0 Å². The number of rotatable bonds is 10. The van der Waals surface area contributed by atoms with Gasteiger partial charge in [-0.05, 0) is 17.5 Å². The lowest BCUT2D eigenvalue weighted by atomic mass is 10.2. The predicted octanol–water partition coefficient (Wildman–Crippen LogP) is 5.68. The molecule has 0 spiro atoms. The minimum absolute atomic E-state index is 0. The minimum atomic E-state index is -0.332. The van der Waals surface area contributed by atoms with Crippen LogP contribution in [0.3, 0.4) is 0 Å². The molecule has 2 rings (SSSR count). The summed E-state index contributed by atoms with van der Waals surface area (Å²) >= 11 is 0. The Balaban J connectivity index is 0. The molecule has 0 atom stereocenters. The van der Waals surface area contributed by atoms with Crippen LogP contribution in [0, 0.1) is 0 Å². The Morgan fingerprint density at radius 1 is 0.733 bits per heavy atom. The van der Waals surface area contributed by atoms with Crippen molar-refractivity contribution >= 4 is 18.2 Å². The van der Waals surface area contributed by atoms with Crippen molar-refractivity contribution in [1.82, 2.24) is 0 Å². The van der Waals surface area contributed by atoms with E-state index in [4.69, 9.17) is 9.47 Å². The molecule has 2 aromatic carbocycles. The predicted molar refractivity (Wildman–Crippen MR) is 121 cm³/mol. The van der Waals surface area contributed by atoms with E-state index in [2.05, 4.69) is 6.58 Å². The molecule has 0 saturated heterocycles. The normalized spacial score (nSPS) is 8.80. The lowest BCUT2D eigenvalue weighted by Crippen LogP contribution is -2.04. The summed E-state index contributed by atoms with van der Waals surface area (Å²) in [4.78, 5) is 32.1. The molecule has 0 heterocycles. The average Bonchev–Trinajstić information content (AvgIpc) is 2.75. The van der Waals surface area contributed by atoms with Crippen molar-refractivity contribution in [2.24, 2.45) is 0 Å². The van der Waals surface area contributed by atoms with Crippen LogP contribution >= 0.6 is 0 Å². The van der Waals surface area contributed by atoms with Gasteiger partial charge in [0, 0.05) is 12.8 Å². The van der Waals surface area contributed by atoms with Crippen LogP contribution in [-0.4, -0.2) is 18.2 Å². The van der Waals surface area contributed by atoms with Gasteiger partial charge in [0.25, 0.3) is 0 Å². The van der Waals surface area contributed by atoms with E-state index in [-0.39, 0.29) is 46.2 Å². The summed E-state index contributed by atoms with van der Waals surface area (Å²) in [6, 6.07) is 19.1. The topological polar surface area (TPSA) is 69.7 Å². The number of ether oxygens (including phenoxy) is 2. The molecule has 0 aliphatic carbocycles. The van der Waals surface area contributed by atoms with Crippen molar-refractivity contribution in [3.63, 3.8) is 0 Å². The first kappa shape index (κ1) is 29.0. The molecule has 0 aliphatic rings. The molecule has 5 nitrogen and oxygen atoms in total. The van der Waals surface area contributed by atoms with Crippen LogP contribution < -0.4 is 0 Å². The molecular formula is C25H34O5. The standard InChI is InChI=1S/C12H14O2.C11H12O3.2CH4/c1-2-3-9-12(13)14-10-11-7-5-4-6-8-11;12-8-4-7-11(13)14-9-10-5-2-1-3-6-10;;/h2,4-8H,1,3,9-10H2;1-3,5-6,8H,4,7,9H2;2*1H4. The Hall–Kier alpha value is -3.21. The van der Waals surface area contributed by atoms with Crippen molar-refractivity contribution in [3.8, 4) is 0 Å². The van der Waals surface area contributed by atoms with Crippen LogP contribution in [0.1, 0.15) is 51.7 Å². The highest BCUT2D eigenvalue weighted by atomic mass is 16.5. The molecule has 0 fully saturated rings. The molecule has 0 unspecified atom stereocenters. The van der Waals surface area contributed by atoms with Gasteiger partial charge in [-0.15, -0.1) is 6.58 Å². The van der Waals surface area contributed by atoms with E-state index in [9.17, 15) is 14.4 Å². The Labute approximate surface area is 180 Å². The maximum atomic E-state index is 11.1. The smallest absolute Gasteiger partial charge is 0.306 e. The Morgan fingerprint density at radius 2 is 1.13 bits per heavy atom. The Kier molecular flexibility index (Phi) is 18.5. The molecular weight excluding hydrogens is 380 g/mol. The monoisotopic (exact) mass is 414 g/mol. The van der Waals surface area contributed by atoms with E-state index >= 15 is 0 Å². The number of aldehydes is 1. The molecule has 0 radical (unpaired) electrons. The molecule has 0 N–H and O–H groups in total. The second-order valence-corrected chi connectivity index (χ2v) is 5.83. The number of allylic oxidation sites excluding steroid dienone is 1. The third-order valence-corrected chi connectivity index (χ3v) is 3.50. The summed E-state index contributed by atoms with van der Waals surface area (Å²) in [6.07, 6.45) is 3.90. The largest absolute Gasteiger partial charge is 0.461 e. The first-order chi connectivity index (χ1) is 13.7. The lowest BCUT2D eigenvalue weighted by molar-refractivity contribution is -0.146. The second kappa shape index (κ2) is 19.1. The average molecular weight is 415 g/mol. The number of hydrogen-bond donors (Lipinski definition) is 0. The van der Waals surface area contributed by atoms with Crippen molar-refractivity contribution in [2.75, 3.05) is 0 Å². The maximum absolute atomic E-state index is 11.1. The molecule has 2 aromatic rings. The van der Waals surface area contributed by atoms with Gasteiger partial charge in [-0.25, -0.2) is 0 Å². The number of carbonyl (C=O) groups is 3. The summed E-state index contributed by atoms with van der Waals surface area (Å²) in [6.45, 7) is 4.18. The van der Waals surface area contributed by atoms with E-state index in [0.717, 1.165) is 11.1 Å². The van der Waals surface area contributed by atoms with Gasteiger partial charge in [-0.3, -0.25) is 9.59 Å². The highest BCUT2D eigenvalue weighted by molar-refractivity contribution is 5.72. The van der Waals surface area contributed by atoms with Crippen LogP contribution in [0.15, 0.2) is 73.3 Å². The first-order valence-corrected chi connectivity index (χ1v) is 9.09. The summed E-state index contributed by atoms with van der Waals surface area (Å²) < 4.78 is 9.98. The Morgan fingerprint density at radius 3 is 1.50 bits per heavy atom. The van der Waals surface area contributed by atoms with Crippen LogP contribution in [0.2, 0.25) is 0 Å². The molecule has 5 heteroatoms. The van der Waals surface area contributed by atoms with Crippen LogP contribution in [-0.2, 0) is 37.1 Å². The summed E-state index contributed by atoms with van der Waals surface area (Å²) in [5, 5.41) is 0. The first-order valence-electron chi connectivity index (χ1n) is 9.09. The van der Waals surface area contributed by atoms with Gasteiger partial charge in [0.2, 0.25) is 0 Å². The van der Waals surface area contributed by atoms with E-state index in [1.165, 1.54) is 0 Å². The zero-order valence-corrected chi connectivity index (χ0v) is 15.9. The summed E-state index contributed by atoms with van der Waals surface area (Å²) in [5.41, 5.74) is 1.96. The quantitative estimate of drug-likeness (QED) is 0.284. The Bertz CT molecular complexity index is 647. The number of benzene rings is 2. The van der Waals surface area contributed by atoms with Crippen molar-refractivity contribution in [2.45, 2.75) is 53.8 Å². The molecule has 0 saturated carbocycles. The summed E-state index contributed by atoms with van der Waals surface area (Å²) in [7, 11) is 0. The number of hydrogen-bond acceptors (Lipinski definition) is 5. The molecule has 164 valence electrons. The van der Waals surface area contributed by atoms with Crippen molar-refractivity contribution < 1.29 is 23.9 Å². The third kappa shape index (κ3) is 14.8. The van der Waals surface area contributed by atoms with Crippen molar-refractivity contribution in [3.05, 3.63) is 84.4 Å². The van der Waals surface area contributed by atoms with E-state index in [1.807, 2.05) is 60.7 Å². The summed E-state index contributed by atoms with van der Waals surface area (Å²) in [5.74, 6) is -0.505. The number of esters is 2. The van der Waals surface area contributed by atoms with Gasteiger partial charge in [0.15, 0.2) is 0 Å². The van der Waals surface area contributed by atoms with Gasteiger partial charge in [-0.2, -0.15) is 0 Å². The van der Waals surface area contributed by atoms with E-state index in [0.29, 0.717) is 25.7 Å². The highest BCUT2D eigenvalue weighted by Crippen LogP contribution is 2.03. The highest BCUT2D eigenvalue weighted by Gasteiger charge is 2.02. The molecule has 0 bridgehead atoms. The third-order valence-electron chi connectivity index (χ3n) is 3.50. The van der Waals surface area contributed by atoms with E-state index in [1.54, 1.807) is 6.08 Å². The van der Waals surface area contributed by atoms with Crippen LogP contribution in [0.4, 0.5) is 0 Å².